The van der Waals surface area contributed by atoms with Gasteiger partial charge in [0.1, 0.15) is 10.8 Å². The maximum absolute atomic E-state index is 12.5. The third-order valence-electron chi connectivity index (χ3n) is 2.96. The SMILES string of the molecule is CNc1cc(C(=O)Nc2nnc(C)s2)c2ccccc2n1. The molecule has 0 saturated heterocycles. The zero-order valence-electron chi connectivity index (χ0n) is 11.5. The highest BCUT2D eigenvalue weighted by molar-refractivity contribution is 7.15. The minimum atomic E-state index is -0.221. The summed E-state index contributed by atoms with van der Waals surface area (Å²) in [6.45, 7) is 1.84. The smallest absolute Gasteiger partial charge is 0.258 e. The van der Waals surface area contributed by atoms with Crippen LogP contribution in [0.3, 0.4) is 0 Å². The van der Waals surface area contributed by atoms with Crippen LogP contribution >= 0.6 is 11.3 Å². The number of aromatic nitrogens is 3. The number of carbonyl (C=O) groups is 1. The molecule has 2 aromatic heterocycles. The number of benzene rings is 1. The van der Waals surface area contributed by atoms with Crippen molar-refractivity contribution in [3.05, 3.63) is 40.9 Å². The molecule has 3 rings (SSSR count). The highest BCUT2D eigenvalue weighted by atomic mass is 32.1. The lowest BCUT2D eigenvalue weighted by Crippen LogP contribution is -2.13. The molecule has 0 radical (unpaired) electrons. The Morgan fingerprint density at radius 1 is 1.24 bits per heavy atom. The molecule has 0 aliphatic carbocycles. The van der Waals surface area contributed by atoms with Crippen molar-refractivity contribution >= 4 is 39.1 Å². The van der Waals surface area contributed by atoms with Gasteiger partial charge in [0, 0.05) is 12.4 Å². The molecule has 21 heavy (non-hydrogen) atoms. The number of nitrogens with zero attached hydrogens (tertiary/aromatic N) is 3. The fraction of sp³-hybridized carbons (Fsp3) is 0.143. The summed E-state index contributed by atoms with van der Waals surface area (Å²) < 4.78 is 0. The van der Waals surface area contributed by atoms with Crippen LogP contribution in [-0.4, -0.2) is 28.1 Å². The van der Waals surface area contributed by atoms with Crippen molar-refractivity contribution in [2.75, 3.05) is 17.7 Å². The van der Waals surface area contributed by atoms with Gasteiger partial charge in [-0.05, 0) is 19.1 Å². The van der Waals surface area contributed by atoms with E-state index >= 15 is 0 Å². The lowest BCUT2D eigenvalue weighted by atomic mass is 10.1. The van der Waals surface area contributed by atoms with Crippen LogP contribution in [0, 0.1) is 6.92 Å². The van der Waals surface area contributed by atoms with Crippen LogP contribution < -0.4 is 10.6 Å². The van der Waals surface area contributed by atoms with Crippen LogP contribution in [0.5, 0.6) is 0 Å². The summed E-state index contributed by atoms with van der Waals surface area (Å²) >= 11 is 1.34. The monoisotopic (exact) mass is 299 g/mol. The normalized spacial score (nSPS) is 10.6. The Bertz CT molecular complexity index is 814. The molecule has 0 aliphatic rings. The van der Waals surface area contributed by atoms with Crippen molar-refractivity contribution in [3.63, 3.8) is 0 Å². The van der Waals surface area contributed by atoms with Crippen molar-refractivity contribution in [1.82, 2.24) is 15.2 Å². The molecule has 106 valence electrons. The van der Waals surface area contributed by atoms with Crippen LogP contribution in [0.25, 0.3) is 10.9 Å². The maximum Gasteiger partial charge on any atom is 0.258 e. The molecule has 2 heterocycles. The van der Waals surface area contributed by atoms with Gasteiger partial charge in [-0.15, -0.1) is 10.2 Å². The lowest BCUT2D eigenvalue weighted by molar-refractivity contribution is 0.102. The standard InChI is InChI=1S/C14H13N5OS/c1-8-18-19-14(21-8)17-13(20)10-7-12(15-2)16-11-6-4-3-5-9(10)11/h3-7H,1-2H3,(H,15,16)(H,17,19,20). The minimum absolute atomic E-state index is 0.221. The topological polar surface area (TPSA) is 79.8 Å². The van der Waals surface area contributed by atoms with Crippen LogP contribution in [0.15, 0.2) is 30.3 Å². The maximum atomic E-state index is 12.5. The fourth-order valence-corrected chi connectivity index (χ4v) is 2.59. The van der Waals surface area contributed by atoms with E-state index in [-0.39, 0.29) is 5.91 Å². The highest BCUT2D eigenvalue weighted by Gasteiger charge is 2.14. The van der Waals surface area contributed by atoms with E-state index in [0.29, 0.717) is 16.5 Å². The number of aryl methyl sites for hydroxylation is 1. The molecule has 0 fully saturated rings. The van der Waals surface area contributed by atoms with Crippen molar-refractivity contribution in [1.29, 1.82) is 0 Å². The first-order valence-corrected chi connectivity index (χ1v) is 7.18. The van der Waals surface area contributed by atoms with Crippen molar-refractivity contribution in [2.24, 2.45) is 0 Å². The first-order chi connectivity index (χ1) is 10.2. The summed E-state index contributed by atoms with van der Waals surface area (Å²) in [5.41, 5.74) is 1.32. The van der Waals surface area contributed by atoms with Crippen LogP contribution in [-0.2, 0) is 0 Å². The van der Waals surface area contributed by atoms with Crippen molar-refractivity contribution in [2.45, 2.75) is 6.92 Å². The van der Waals surface area contributed by atoms with Crippen molar-refractivity contribution in [3.8, 4) is 0 Å². The molecule has 2 N–H and O–H groups in total. The summed E-state index contributed by atoms with van der Waals surface area (Å²) in [5, 5.41) is 15.6. The fourth-order valence-electron chi connectivity index (χ4n) is 2.00. The zero-order valence-corrected chi connectivity index (χ0v) is 12.4. The molecular weight excluding hydrogens is 286 g/mol. The predicted molar refractivity (Wildman–Crippen MR) is 83.9 cm³/mol. The van der Waals surface area contributed by atoms with Crippen LogP contribution in [0.4, 0.5) is 10.9 Å². The largest absolute Gasteiger partial charge is 0.373 e. The summed E-state index contributed by atoms with van der Waals surface area (Å²) in [6.07, 6.45) is 0. The van der Waals surface area contributed by atoms with Gasteiger partial charge in [0.05, 0.1) is 11.1 Å². The predicted octanol–water partition coefficient (Wildman–Crippen LogP) is 2.69. The summed E-state index contributed by atoms with van der Waals surface area (Å²) in [4.78, 5) is 16.9. The summed E-state index contributed by atoms with van der Waals surface area (Å²) in [7, 11) is 1.77. The molecule has 0 aliphatic heterocycles. The molecule has 0 unspecified atom stereocenters. The Balaban J connectivity index is 2.03. The molecule has 0 spiro atoms. The van der Waals surface area contributed by atoms with Gasteiger partial charge in [0.25, 0.3) is 5.91 Å². The third kappa shape index (κ3) is 2.68. The van der Waals surface area contributed by atoms with E-state index in [1.165, 1.54) is 11.3 Å². The number of hydrogen-bond donors (Lipinski definition) is 2. The number of nitrogens with one attached hydrogen (secondary N) is 2. The molecule has 6 nitrogen and oxygen atoms in total. The summed E-state index contributed by atoms with van der Waals surface area (Å²) in [6, 6.07) is 9.26. The van der Waals surface area contributed by atoms with Crippen LogP contribution in [0.1, 0.15) is 15.4 Å². The average molecular weight is 299 g/mol. The van der Waals surface area contributed by atoms with Gasteiger partial charge in [-0.2, -0.15) is 0 Å². The molecule has 1 aromatic carbocycles. The van der Waals surface area contributed by atoms with Gasteiger partial charge in [-0.1, -0.05) is 29.5 Å². The Hall–Kier alpha value is -2.54. The lowest BCUT2D eigenvalue weighted by Gasteiger charge is -2.08. The number of pyridine rings is 1. The van der Waals surface area contributed by atoms with Gasteiger partial charge in [-0.25, -0.2) is 4.98 Å². The number of anilines is 2. The van der Waals surface area contributed by atoms with E-state index in [1.807, 2.05) is 31.2 Å². The Morgan fingerprint density at radius 2 is 2.05 bits per heavy atom. The van der Waals surface area contributed by atoms with E-state index in [1.54, 1.807) is 13.1 Å². The molecule has 7 heteroatoms. The molecule has 1 amide bonds. The number of fused-ring (bicyclic) bond motifs is 1. The number of hydrogen-bond acceptors (Lipinski definition) is 6. The first-order valence-electron chi connectivity index (χ1n) is 6.36. The van der Waals surface area contributed by atoms with Gasteiger partial charge in [0.2, 0.25) is 5.13 Å². The molecule has 0 bridgehead atoms. The van der Waals surface area contributed by atoms with E-state index in [4.69, 9.17) is 0 Å². The first kappa shape index (κ1) is 13.4. The van der Waals surface area contributed by atoms with Gasteiger partial charge in [-0.3, -0.25) is 10.1 Å². The minimum Gasteiger partial charge on any atom is -0.373 e. The highest BCUT2D eigenvalue weighted by Crippen LogP contribution is 2.22. The Kier molecular flexibility index (Phi) is 3.49. The molecular formula is C14H13N5OS. The number of amides is 1. The van der Waals surface area contributed by atoms with E-state index in [9.17, 15) is 4.79 Å². The second-order valence-corrected chi connectivity index (χ2v) is 5.58. The second-order valence-electron chi connectivity index (χ2n) is 4.40. The average Bonchev–Trinajstić information content (AvgIpc) is 2.91. The van der Waals surface area contributed by atoms with Crippen LogP contribution in [0.2, 0.25) is 0 Å². The van der Waals surface area contributed by atoms with E-state index in [2.05, 4.69) is 25.8 Å². The molecule has 0 atom stereocenters. The van der Waals surface area contributed by atoms with Gasteiger partial charge >= 0.3 is 0 Å². The number of carbonyl (C=O) groups excluding carboxylic acids is 1. The second kappa shape index (κ2) is 5.45. The Morgan fingerprint density at radius 3 is 2.76 bits per heavy atom. The number of rotatable bonds is 3. The zero-order chi connectivity index (χ0) is 14.8. The number of para-hydroxylation sites is 1. The quantitative estimate of drug-likeness (QED) is 0.777. The van der Waals surface area contributed by atoms with E-state index in [0.717, 1.165) is 15.9 Å². The van der Waals surface area contributed by atoms with E-state index < -0.39 is 0 Å². The van der Waals surface area contributed by atoms with Gasteiger partial charge < -0.3 is 5.32 Å². The molecule has 3 aromatic rings. The van der Waals surface area contributed by atoms with Crippen molar-refractivity contribution < 1.29 is 4.79 Å². The Labute approximate surface area is 125 Å². The third-order valence-corrected chi connectivity index (χ3v) is 3.72. The van der Waals surface area contributed by atoms with Gasteiger partial charge in [0.15, 0.2) is 0 Å². The molecule has 0 saturated carbocycles. The summed E-state index contributed by atoms with van der Waals surface area (Å²) in [5.74, 6) is 0.425.